The van der Waals surface area contributed by atoms with Crippen molar-refractivity contribution < 1.29 is 9.90 Å². The quantitative estimate of drug-likeness (QED) is 0.898. The number of aliphatic hydroxyl groups is 1. The summed E-state index contributed by atoms with van der Waals surface area (Å²) in [5.41, 5.74) is 1.94. The number of nitrogens with zero attached hydrogens (tertiary/aromatic N) is 1. The average molecular weight is 302 g/mol. The summed E-state index contributed by atoms with van der Waals surface area (Å²) in [6, 6.07) is 8.56. The Morgan fingerprint density at radius 3 is 2.55 bits per heavy atom. The van der Waals surface area contributed by atoms with Crippen molar-refractivity contribution in [2.24, 2.45) is 5.92 Å². The van der Waals surface area contributed by atoms with Crippen LogP contribution in [0.15, 0.2) is 24.3 Å². The maximum absolute atomic E-state index is 12.4. The summed E-state index contributed by atoms with van der Waals surface area (Å²) in [6.45, 7) is 0. The number of hydrogen-bond acceptors (Lipinski definition) is 3. The molecule has 0 saturated heterocycles. The predicted molar refractivity (Wildman–Crippen MR) is 89.1 cm³/mol. The van der Waals surface area contributed by atoms with Gasteiger partial charge in [0, 0.05) is 13.1 Å². The number of rotatable bonds is 4. The van der Waals surface area contributed by atoms with Crippen molar-refractivity contribution in [2.75, 3.05) is 17.3 Å². The van der Waals surface area contributed by atoms with Gasteiger partial charge in [-0.2, -0.15) is 0 Å². The second-order valence-corrected chi connectivity index (χ2v) is 6.66. The summed E-state index contributed by atoms with van der Waals surface area (Å²) in [5, 5.41) is 13.0. The van der Waals surface area contributed by atoms with Gasteiger partial charge < -0.3 is 15.3 Å². The molecule has 2 unspecified atom stereocenters. The van der Waals surface area contributed by atoms with Crippen molar-refractivity contribution in [3.05, 3.63) is 24.3 Å². The van der Waals surface area contributed by atoms with Gasteiger partial charge in [0.25, 0.3) is 0 Å². The normalized spacial score (nSPS) is 25.4. The zero-order chi connectivity index (χ0) is 15.5. The van der Waals surface area contributed by atoms with Gasteiger partial charge in [-0.05, 0) is 44.2 Å². The Bertz CT molecular complexity index is 526. The minimum atomic E-state index is -0.486. The van der Waals surface area contributed by atoms with E-state index >= 15 is 0 Å². The summed E-state index contributed by atoms with van der Waals surface area (Å²) in [7, 11) is 2.12. The van der Waals surface area contributed by atoms with E-state index in [2.05, 4.69) is 23.3 Å². The number of para-hydroxylation sites is 2. The van der Waals surface area contributed by atoms with Crippen LogP contribution in [0.2, 0.25) is 0 Å². The van der Waals surface area contributed by atoms with Crippen LogP contribution in [0.5, 0.6) is 0 Å². The SMILES string of the molecule is CN(c1ccccc1NC(=O)C1CCCC1O)C1CCCC1. The maximum Gasteiger partial charge on any atom is 0.230 e. The number of anilines is 2. The Morgan fingerprint density at radius 1 is 1.14 bits per heavy atom. The van der Waals surface area contributed by atoms with Crippen molar-refractivity contribution in [2.45, 2.75) is 57.1 Å². The van der Waals surface area contributed by atoms with Crippen LogP contribution < -0.4 is 10.2 Å². The van der Waals surface area contributed by atoms with E-state index in [1.54, 1.807) is 0 Å². The van der Waals surface area contributed by atoms with Crippen LogP contribution in [-0.4, -0.2) is 30.2 Å². The lowest BCUT2D eigenvalue weighted by Gasteiger charge is -2.29. The van der Waals surface area contributed by atoms with Crippen LogP contribution in [0, 0.1) is 5.92 Å². The van der Waals surface area contributed by atoms with Gasteiger partial charge in [-0.1, -0.05) is 25.0 Å². The van der Waals surface area contributed by atoms with E-state index in [1.807, 2.05) is 18.2 Å². The molecule has 0 aliphatic heterocycles. The third-order valence-electron chi connectivity index (χ3n) is 5.23. The standard InChI is InChI=1S/C18H26N2O2/c1-20(13-7-2-3-8-13)16-11-5-4-10-15(16)19-18(22)14-9-6-12-17(14)21/h4-5,10-11,13-14,17,21H,2-3,6-9,12H2,1H3,(H,19,22). The molecule has 120 valence electrons. The van der Waals surface area contributed by atoms with Gasteiger partial charge in [-0.25, -0.2) is 0 Å². The highest BCUT2D eigenvalue weighted by Gasteiger charge is 2.32. The van der Waals surface area contributed by atoms with E-state index < -0.39 is 6.10 Å². The van der Waals surface area contributed by atoms with E-state index in [9.17, 15) is 9.90 Å². The number of aliphatic hydroxyl groups excluding tert-OH is 1. The molecule has 22 heavy (non-hydrogen) atoms. The zero-order valence-corrected chi connectivity index (χ0v) is 13.3. The minimum absolute atomic E-state index is 0.0442. The molecule has 1 aromatic rings. The molecular formula is C18H26N2O2. The number of hydrogen-bond donors (Lipinski definition) is 2. The van der Waals surface area contributed by atoms with Crippen LogP contribution >= 0.6 is 0 Å². The molecule has 0 aromatic heterocycles. The molecule has 3 rings (SSSR count). The van der Waals surface area contributed by atoms with Crippen molar-refractivity contribution in [1.82, 2.24) is 0 Å². The van der Waals surface area contributed by atoms with Gasteiger partial charge in [0.15, 0.2) is 0 Å². The van der Waals surface area contributed by atoms with E-state index in [1.165, 1.54) is 25.7 Å². The Labute approximate surface area is 132 Å². The first-order valence-corrected chi connectivity index (χ1v) is 8.47. The topological polar surface area (TPSA) is 52.6 Å². The highest BCUT2D eigenvalue weighted by atomic mass is 16.3. The fraction of sp³-hybridized carbons (Fsp3) is 0.611. The summed E-state index contributed by atoms with van der Waals surface area (Å²) >= 11 is 0. The molecule has 4 nitrogen and oxygen atoms in total. The number of benzene rings is 1. The van der Waals surface area contributed by atoms with Crippen LogP contribution in [0.4, 0.5) is 11.4 Å². The molecule has 4 heteroatoms. The molecule has 2 atom stereocenters. The fourth-order valence-corrected chi connectivity index (χ4v) is 3.85. The second kappa shape index (κ2) is 6.69. The number of carbonyl (C=O) groups excluding carboxylic acids is 1. The Morgan fingerprint density at radius 2 is 1.86 bits per heavy atom. The summed E-state index contributed by atoms with van der Waals surface area (Å²) in [6.07, 6.45) is 6.99. The molecule has 2 N–H and O–H groups in total. The molecule has 2 aliphatic carbocycles. The predicted octanol–water partition coefficient (Wildman–Crippen LogP) is 3.16. The summed E-state index contributed by atoms with van der Waals surface area (Å²) in [4.78, 5) is 14.7. The summed E-state index contributed by atoms with van der Waals surface area (Å²) < 4.78 is 0. The van der Waals surface area contributed by atoms with Crippen LogP contribution in [-0.2, 0) is 4.79 Å². The molecule has 0 radical (unpaired) electrons. The number of amides is 1. The molecule has 2 saturated carbocycles. The van der Waals surface area contributed by atoms with E-state index in [4.69, 9.17) is 0 Å². The minimum Gasteiger partial charge on any atom is -0.392 e. The van der Waals surface area contributed by atoms with Gasteiger partial charge in [0.2, 0.25) is 5.91 Å². The Kier molecular flexibility index (Phi) is 4.67. The zero-order valence-electron chi connectivity index (χ0n) is 13.3. The first-order chi connectivity index (χ1) is 10.7. The van der Waals surface area contributed by atoms with E-state index in [0.717, 1.165) is 30.6 Å². The molecule has 0 spiro atoms. The van der Waals surface area contributed by atoms with E-state index in [-0.39, 0.29) is 11.8 Å². The molecule has 0 bridgehead atoms. The van der Waals surface area contributed by atoms with Crippen LogP contribution in [0.25, 0.3) is 0 Å². The van der Waals surface area contributed by atoms with Crippen molar-refractivity contribution in [3.63, 3.8) is 0 Å². The summed E-state index contributed by atoms with van der Waals surface area (Å²) in [5.74, 6) is -0.304. The van der Waals surface area contributed by atoms with Crippen LogP contribution in [0.3, 0.4) is 0 Å². The first kappa shape index (κ1) is 15.3. The number of nitrogens with one attached hydrogen (secondary N) is 1. The maximum atomic E-state index is 12.4. The van der Waals surface area contributed by atoms with Gasteiger partial charge in [-0.3, -0.25) is 4.79 Å². The van der Waals surface area contributed by atoms with Gasteiger partial charge in [0.1, 0.15) is 0 Å². The Balaban J connectivity index is 1.74. The second-order valence-electron chi connectivity index (χ2n) is 6.66. The molecule has 2 aliphatic rings. The van der Waals surface area contributed by atoms with Gasteiger partial charge in [-0.15, -0.1) is 0 Å². The van der Waals surface area contributed by atoms with Crippen molar-refractivity contribution >= 4 is 17.3 Å². The third kappa shape index (κ3) is 3.12. The molecular weight excluding hydrogens is 276 g/mol. The molecule has 1 amide bonds. The third-order valence-corrected chi connectivity index (χ3v) is 5.23. The highest BCUT2D eigenvalue weighted by Crippen LogP contribution is 2.33. The monoisotopic (exact) mass is 302 g/mol. The van der Waals surface area contributed by atoms with Crippen molar-refractivity contribution in [1.29, 1.82) is 0 Å². The average Bonchev–Trinajstić information content (AvgIpc) is 3.18. The lowest BCUT2D eigenvalue weighted by Crippen LogP contribution is -2.32. The van der Waals surface area contributed by atoms with Gasteiger partial charge in [0.05, 0.1) is 23.4 Å². The fourth-order valence-electron chi connectivity index (χ4n) is 3.85. The lowest BCUT2D eigenvalue weighted by molar-refractivity contribution is -0.122. The van der Waals surface area contributed by atoms with Crippen molar-refractivity contribution in [3.8, 4) is 0 Å². The lowest BCUT2D eigenvalue weighted by atomic mass is 10.0. The highest BCUT2D eigenvalue weighted by molar-refractivity contribution is 5.96. The number of carbonyl (C=O) groups is 1. The smallest absolute Gasteiger partial charge is 0.230 e. The molecule has 2 fully saturated rings. The molecule has 1 aromatic carbocycles. The largest absolute Gasteiger partial charge is 0.392 e. The van der Waals surface area contributed by atoms with Gasteiger partial charge >= 0.3 is 0 Å². The van der Waals surface area contributed by atoms with Crippen LogP contribution in [0.1, 0.15) is 44.9 Å². The van der Waals surface area contributed by atoms with E-state index in [0.29, 0.717) is 6.04 Å². The first-order valence-electron chi connectivity index (χ1n) is 8.47. The Hall–Kier alpha value is -1.55. The molecule has 0 heterocycles.